The molecule has 0 fully saturated rings. The second-order valence-electron chi connectivity index (χ2n) is 3.89. The fourth-order valence-corrected chi connectivity index (χ4v) is 1.92. The summed E-state index contributed by atoms with van der Waals surface area (Å²) in [5, 5.41) is 9.46. The molecule has 0 radical (unpaired) electrons. The summed E-state index contributed by atoms with van der Waals surface area (Å²) in [7, 11) is 0. The van der Waals surface area contributed by atoms with Gasteiger partial charge in [-0.3, -0.25) is 4.79 Å². The molecule has 1 aromatic carbocycles. The maximum Gasteiger partial charge on any atom is 0.341 e. The molecule has 0 atom stereocenters. The van der Waals surface area contributed by atoms with E-state index in [2.05, 4.69) is 0 Å². The number of rotatable bonds is 3. The van der Waals surface area contributed by atoms with Crippen molar-refractivity contribution in [3.05, 3.63) is 46.2 Å². The third kappa shape index (κ3) is 1.93. The Morgan fingerprint density at radius 2 is 2.06 bits per heavy atom. The molecule has 17 heavy (non-hydrogen) atoms. The largest absolute Gasteiger partial charge is 0.477 e. The van der Waals surface area contributed by atoms with Crippen molar-refractivity contribution in [2.45, 2.75) is 19.9 Å². The highest BCUT2D eigenvalue weighted by molar-refractivity contribution is 5.92. The van der Waals surface area contributed by atoms with E-state index in [1.54, 1.807) is 12.1 Å². The van der Waals surface area contributed by atoms with Gasteiger partial charge in [0.05, 0.1) is 5.52 Å². The highest BCUT2D eigenvalue weighted by Crippen LogP contribution is 2.12. The molecule has 0 spiro atoms. The van der Waals surface area contributed by atoms with E-state index in [4.69, 9.17) is 5.11 Å². The van der Waals surface area contributed by atoms with Crippen LogP contribution >= 0.6 is 0 Å². The van der Waals surface area contributed by atoms with Crippen molar-refractivity contribution < 1.29 is 9.90 Å². The third-order valence-corrected chi connectivity index (χ3v) is 2.68. The van der Waals surface area contributed by atoms with Gasteiger partial charge in [-0.25, -0.2) is 4.79 Å². The molecule has 1 heterocycles. The number of carbonyl (C=O) groups is 1. The van der Waals surface area contributed by atoms with Gasteiger partial charge >= 0.3 is 5.97 Å². The monoisotopic (exact) mass is 231 g/mol. The zero-order valence-corrected chi connectivity index (χ0v) is 9.51. The zero-order valence-electron chi connectivity index (χ0n) is 9.51. The number of benzene rings is 1. The van der Waals surface area contributed by atoms with Gasteiger partial charge in [0.2, 0.25) is 5.43 Å². The second-order valence-corrected chi connectivity index (χ2v) is 3.89. The highest BCUT2D eigenvalue weighted by Gasteiger charge is 2.13. The summed E-state index contributed by atoms with van der Waals surface area (Å²) in [6, 6.07) is 7.08. The lowest BCUT2D eigenvalue weighted by molar-refractivity contribution is 0.0695. The van der Waals surface area contributed by atoms with Gasteiger partial charge in [0.15, 0.2) is 0 Å². The first-order chi connectivity index (χ1) is 8.15. The predicted octanol–water partition coefficient (Wildman–Crippen LogP) is 2.11. The normalized spacial score (nSPS) is 10.6. The number of carboxylic acid groups (broad SMARTS) is 1. The lowest BCUT2D eigenvalue weighted by Crippen LogP contribution is -2.18. The molecule has 0 saturated heterocycles. The van der Waals surface area contributed by atoms with Crippen molar-refractivity contribution in [2.75, 3.05) is 0 Å². The fourth-order valence-electron chi connectivity index (χ4n) is 1.92. The van der Waals surface area contributed by atoms with Gasteiger partial charge in [-0.1, -0.05) is 19.1 Å². The van der Waals surface area contributed by atoms with E-state index in [0.29, 0.717) is 11.9 Å². The van der Waals surface area contributed by atoms with Crippen molar-refractivity contribution in [1.82, 2.24) is 4.57 Å². The van der Waals surface area contributed by atoms with Gasteiger partial charge in [0.25, 0.3) is 0 Å². The van der Waals surface area contributed by atoms with Crippen molar-refractivity contribution in [1.29, 1.82) is 0 Å². The number of pyridine rings is 1. The molecule has 4 nitrogen and oxygen atoms in total. The molecule has 0 amide bonds. The number of hydrogen-bond donors (Lipinski definition) is 1. The number of nitrogens with zero attached hydrogens (tertiary/aromatic N) is 1. The van der Waals surface area contributed by atoms with Crippen LogP contribution in [0.2, 0.25) is 0 Å². The van der Waals surface area contributed by atoms with Crippen molar-refractivity contribution in [3.8, 4) is 0 Å². The van der Waals surface area contributed by atoms with E-state index in [0.717, 1.165) is 11.9 Å². The first-order valence-electron chi connectivity index (χ1n) is 5.50. The molecule has 0 aliphatic rings. The van der Waals surface area contributed by atoms with Crippen LogP contribution in [0.1, 0.15) is 23.7 Å². The minimum Gasteiger partial charge on any atom is -0.477 e. The molecule has 1 N–H and O–H groups in total. The fraction of sp³-hybridized carbons (Fsp3) is 0.231. The van der Waals surface area contributed by atoms with Gasteiger partial charge in [-0.2, -0.15) is 0 Å². The quantitative estimate of drug-likeness (QED) is 0.880. The summed E-state index contributed by atoms with van der Waals surface area (Å²) in [6.45, 7) is 2.70. The van der Waals surface area contributed by atoms with Crippen LogP contribution in [0.25, 0.3) is 10.9 Å². The molecule has 4 heteroatoms. The third-order valence-electron chi connectivity index (χ3n) is 2.68. The van der Waals surface area contributed by atoms with E-state index < -0.39 is 11.4 Å². The summed E-state index contributed by atoms with van der Waals surface area (Å²) in [5.41, 5.74) is 0.196. The van der Waals surface area contributed by atoms with Crippen molar-refractivity contribution in [2.24, 2.45) is 0 Å². The Balaban J connectivity index is 2.84. The van der Waals surface area contributed by atoms with Crippen LogP contribution in [0, 0.1) is 0 Å². The van der Waals surface area contributed by atoms with E-state index >= 15 is 0 Å². The van der Waals surface area contributed by atoms with Crippen molar-refractivity contribution >= 4 is 16.9 Å². The van der Waals surface area contributed by atoms with Crippen LogP contribution < -0.4 is 5.43 Å². The first kappa shape index (κ1) is 11.4. The summed E-state index contributed by atoms with van der Waals surface area (Å²) in [5.74, 6) is -1.18. The van der Waals surface area contributed by atoms with Crippen LogP contribution in [0.3, 0.4) is 0 Å². The lowest BCUT2D eigenvalue weighted by Gasteiger charge is -2.10. The van der Waals surface area contributed by atoms with E-state index in [1.807, 2.05) is 23.6 Å². The Morgan fingerprint density at radius 1 is 1.35 bits per heavy atom. The lowest BCUT2D eigenvalue weighted by atomic mass is 10.1. The minimum absolute atomic E-state index is 0.169. The number of fused-ring (bicyclic) bond motifs is 1. The van der Waals surface area contributed by atoms with Gasteiger partial charge in [-0.15, -0.1) is 0 Å². The predicted molar refractivity (Wildman–Crippen MR) is 65.5 cm³/mol. The van der Waals surface area contributed by atoms with Gasteiger partial charge in [0, 0.05) is 18.1 Å². The molecule has 0 unspecified atom stereocenters. The Morgan fingerprint density at radius 3 is 2.71 bits per heavy atom. The number of aromatic nitrogens is 1. The number of aromatic carboxylic acids is 1. The van der Waals surface area contributed by atoms with Gasteiger partial charge in [0.1, 0.15) is 5.56 Å². The second kappa shape index (κ2) is 4.41. The van der Waals surface area contributed by atoms with E-state index in [-0.39, 0.29) is 5.56 Å². The summed E-state index contributed by atoms with van der Waals surface area (Å²) < 4.78 is 1.82. The van der Waals surface area contributed by atoms with Gasteiger partial charge < -0.3 is 9.67 Å². The van der Waals surface area contributed by atoms with Crippen molar-refractivity contribution in [3.63, 3.8) is 0 Å². The molecule has 0 saturated carbocycles. The molecule has 2 aromatic rings. The SMILES string of the molecule is CCCn1cc(C(=O)O)c(=O)c2ccccc21. The summed E-state index contributed by atoms with van der Waals surface area (Å²) in [4.78, 5) is 22.9. The number of carboxylic acids is 1. The Labute approximate surface area is 98.1 Å². The van der Waals surface area contributed by atoms with Crippen LogP contribution in [0.5, 0.6) is 0 Å². The molecule has 0 bridgehead atoms. The molecule has 0 aliphatic carbocycles. The summed E-state index contributed by atoms with van der Waals surface area (Å²) in [6.07, 6.45) is 2.31. The van der Waals surface area contributed by atoms with Crippen LogP contribution in [-0.2, 0) is 6.54 Å². The number of para-hydroxylation sites is 1. The van der Waals surface area contributed by atoms with E-state index in [9.17, 15) is 9.59 Å². The Hall–Kier alpha value is -2.10. The average molecular weight is 231 g/mol. The highest BCUT2D eigenvalue weighted by atomic mass is 16.4. The smallest absolute Gasteiger partial charge is 0.341 e. The summed E-state index contributed by atoms with van der Waals surface area (Å²) >= 11 is 0. The zero-order chi connectivity index (χ0) is 12.4. The number of aryl methyl sites for hydroxylation is 1. The molecule has 1 aromatic heterocycles. The Kier molecular flexibility index (Phi) is 2.95. The van der Waals surface area contributed by atoms with Gasteiger partial charge in [-0.05, 0) is 18.6 Å². The van der Waals surface area contributed by atoms with Crippen LogP contribution in [0.4, 0.5) is 0 Å². The van der Waals surface area contributed by atoms with Crippen LogP contribution in [0.15, 0.2) is 35.3 Å². The molecule has 88 valence electrons. The standard InChI is InChI=1S/C13H13NO3/c1-2-7-14-8-10(13(16)17)12(15)9-5-3-4-6-11(9)14/h3-6,8H,2,7H2,1H3,(H,16,17). The van der Waals surface area contributed by atoms with E-state index in [1.165, 1.54) is 6.20 Å². The average Bonchev–Trinajstić information content (AvgIpc) is 2.33. The molecule has 0 aliphatic heterocycles. The first-order valence-corrected chi connectivity index (χ1v) is 5.50. The topological polar surface area (TPSA) is 59.3 Å². The number of hydrogen-bond acceptors (Lipinski definition) is 2. The molecule has 2 rings (SSSR count). The molecular formula is C13H13NO3. The maximum atomic E-state index is 11.9. The van der Waals surface area contributed by atoms with Crippen LogP contribution in [-0.4, -0.2) is 15.6 Å². The molecular weight excluding hydrogens is 218 g/mol. The Bertz CT molecular complexity index is 628. The minimum atomic E-state index is -1.18. The maximum absolute atomic E-state index is 11.9.